The molecule has 0 bridgehead atoms. The first kappa shape index (κ1) is 29.2. The van der Waals surface area contributed by atoms with E-state index in [1.807, 2.05) is 0 Å². The minimum atomic E-state index is -1.25. The van der Waals surface area contributed by atoms with Gasteiger partial charge in [-0.1, -0.05) is 11.6 Å². The maximum atomic E-state index is 13.3. The van der Waals surface area contributed by atoms with Crippen LogP contribution in [0.1, 0.15) is 57.7 Å². The number of halogens is 1. The van der Waals surface area contributed by atoms with E-state index < -0.39 is 35.4 Å². The van der Waals surface area contributed by atoms with Crippen molar-refractivity contribution in [3.8, 4) is 0 Å². The fourth-order valence-electron chi connectivity index (χ4n) is 3.53. The van der Waals surface area contributed by atoms with Crippen molar-refractivity contribution in [2.45, 2.75) is 78.7 Å². The molecule has 206 valence electrons. The third kappa shape index (κ3) is 7.61. The van der Waals surface area contributed by atoms with E-state index >= 15 is 0 Å². The summed E-state index contributed by atoms with van der Waals surface area (Å²) in [5.74, 6) is -0.690. The Balaban J connectivity index is 2.04. The standard InChI is InChI=1S/C26H32ClN3O7S/c1-14-18(11-16(22(31)32)28-23(33)36-25(2,3)4)38-21-17(12-19(27)29-20(14)21)30(13-15-9-8-10-35-15)24(34)37-26(5,6)7/h8-10,12,16H,11,13H2,1-7H3,(H,28,33)(H,31,32)/t16-/m1/s1. The van der Waals surface area contributed by atoms with Gasteiger partial charge in [-0.2, -0.15) is 0 Å². The maximum absolute atomic E-state index is 13.3. The van der Waals surface area contributed by atoms with Gasteiger partial charge >= 0.3 is 18.2 Å². The van der Waals surface area contributed by atoms with Crippen LogP contribution in [-0.2, 0) is 27.2 Å². The van der Waals surface area contributed by atoms with E-state index in [0.29, 0.717) is 32.1 Å². The number of thiophene rings is 1. The van der Waals surface area contributed by atoms with Gasteiger partial charge in [-0.15, -0.1) is 11.3 Å². The average molecular weight is 566 g/mol. The van der Waals surface area contributed by atoms with Gasteiger partial charge in [0.05, 0.1) is 28.7 Å². The van der Waals surface area contributed by atoms with Gasteiger partial charge in [-0.05, 0) is 66.2 Å². The zero-order chi connectivity index (χ0) is 28.4. The number of amides is 2. The van der Waals surface area contributed by atoms with Gasteiger partial charge in [0.25, 0.3) is 0 Å². The molecule has 0 fully saturated rings. The number of hydrogen-bond acceptors (Lipinski definition) is 8. The van der Waals surface area contributed by atoms with Crippen LogP contribution in [0.3, 0.4) is 0 Å². The first-order valence-corrected chi connectivity index (χ1v) is 13.1. The minimum absolute atomic E-state index is 0.0247. The third-order valence-corrected chi connectivity index (χ3v) is 6.62. The second-order valence-electron chi connectivity index (χ2n) is 10.7. The number of carbonyl (C=O) groups excluding carboxylic acids is 2. The van der Waals surface area contributed by atoms with E-state index in [9.17, 15) is 19.5 Å². The van der Waals surface area contributed by atoms with Crippen LogP contribution < -0.4 is 10.2 Å². The van der Waals surface area contributed by atoms with Gasteiger partial charge in [0.1, 0.15) is 28.2 Å². The molecule has 38 heavy (non-hydrogen) atoms. The molecule has 0 unspecified atom stereocenters. The molecule has 2 N–H and O–H groups in total. The molecule has 3 aromatic heterocycles. The number of pyridine rings is 1. The van der Waals surface area contributed by atoms with Gasteiger partial charge in [0, 0.05) is 17.4 Å². The van der Waals surface area contributed by atoms with Gasteiger partial charge < -0.3 is 24.3 Å². The molecule has 0 saturated carbocycles. The Bertz CT molecular complexity index is 1320. The van der Waals surface area contributed by atoms with Gasteiger partial charge in [-0.3, -0.25) is 4.90 Å². The van der Waals surface area contributed by atoms with Gasteiger partial charge in [-0.25, -0.2) is 19.4 Å². The van der Waals surface area contributed by atoms with Gasteiger partial charge in [0.15, 0.2) is 0 Å². The Morgan fingerprint density at radius 3 is 2.39 bits per heavy atom. The zero-order valence-corrected chi connectivity index (χ0v) is 24.0. The van der Waals surface area contributed by atoms with Crippen LogP contribution in [0, 0.1) is 6.92 Å². The molecule has 3 heterocycles. The number of hydrogen-bond donors (Lipinski definition) is 2. The molecule has 3 rings (SSSR count). The first-order valence-electron chi connectivity index (χ1n) is 11.9. The lowest BCUT2D eigenvalue weighted by Gasteiger charge is -2.27. The highest BCUT2D eigenvalue weighted by molar-refractivity contribution is 7.20. The number of alkyl carbamates (subject to hydrolysis) is 1. The number of nitrogens with zero attached hydrogens (tertiary/aromatic N) is 2. The number of fused-ring (bicyclic) bond motifs is 1. The van der Waals surface area contributed by atoms with E-state index in [2.05, 4.69) is 10.3 Å². The van der Waals surface area contributed by atoms with Crippen molar-refractivity contribution in [1.82, 2.24) is 10.3 Å². The molecule has 0 aliphatic heterocycles. The monoisotopic (exact) mass is 565 g/mol. The number of rotatable bonds is 7. The van der Waals surface area contributed by atoms with E-state index in [-0.39, 0.29) is 18.1 Å². The molecule has 0 aliphatic rings. The molecule has 0 spiro atoms. The molecule has 0 aromatic carbocycles. The van der Waals surface area contributed by atoms with Crippen LogP contribution in [0.2, 0.25) is 5.15 Å². The van der Waals surface area contributed by atoms with Gasteiger partial charge in [0.2, 0.25) is 0 Å². The number of carboxylic acids is 1. The number of carbonyl (C=O) groups is 3. The summed E-state index contributed by atoms with van der Waals surface area (Å²) in [6, 6.07) is 3.77. The van der Waals surface area contributed by atoms with Crippen LogP contribution in [0.15, 0.2) is 28.9 Å². The lowest BCUT2D eigenvalue weighted by molar-refractivity contribution is -0.139. The molecule has 0 radical (unpaired) electrons. The minimum Gasteiger partial charge on any atom is -0.480 e. The molecule has 2 amide bonds. The summed E-state index contributed by atoms with van der Waals surface area (Å²) in [7, 11) is 0. The number of aromatic nitrogens is 1. The summed E-state index contributed by atoms with van der Waals surface area (Å²) in [6.07, 6.45) is 0.0398. The number of furan rings is 1. The van der Waals surface area contributed by atoms with E-state index in [0.717, 1.165) is 0 Å². The molecule has 10 nitrogen and oxygen atoms in total. The third-order valence-electron chi connectivity index (χ3n) is 5.10. The highest BCUT2D eigenvalue weighted by atomic mass is 35.5. The van der Waals surface area contributed by atoms with Crippen LogP contribution in [0.4, 0.5) is 15.3 Å². The maximum Gasteiger partial charge on any atom is 0.415 e. The number of ether oxygens (including phenoxy) is 2. The molecule has 12 heteroatoms. The van der Waals surface area contributed by atoms with E-state index in [4.69, 9.17) is 25.5 Å². The van der Waals surface area contributed by atoms with Crippen molar-refractivity contribution in [3.05, 3.63) is 45.8 Å². The Morgan fingerprint density at radius 1 is 1.18 bits per heavy atom. The number of anilines is 1. The Morgan fingerprint density at radius 2 is 1.84 bits per heavy atom. The number of nitrogens with one attached hydrogen (secondary N) is 1. The van der Waals surface area contributed by atoms with Crippen LogP contribution in [0.25, 0.3) is 10.2 Å². The second kappa shape index (κ2) is 11.2. The topological polar surface area (TPSA) is 131 Å². The molecule has 1 atom stereocenters. The van der Waals surface area contributed by atoms with Crippen molar-refractivity contribution in [2.75, 3.05) is 4.90 Å². The zero-order valence-electron chi connectivity index (χ0n) is 22.4. The van der Waals surface area contributed by atoms with Crippen molar-refractivity contribution < 1.29 is 33.4 Å². The predicted octanol–water partition coefficient (Wildman–Crippen LogP) is 6.31. The largest absolute Gasteiger partial charge is 0.480 e. The van der Waals surface area contributed by atoms with Crippen LogP contribution >= 0.6 is 22.9 Å². The Kier molecular flexibility index (Phi) is 8.62. The van der Waals surface area contributed by atoms with Crippen molar-refractivity contribution in [2.24, 2.45) is 0 Å². The van der Waals surface area contributed by atoms with Crippen LogP contribution in [0.5, 0.6) is 0 Å². The molecule has 3 aromatic rings. The second-order valence-corrected chi connectivity index (χ2v) is 12.2. The Hall–Kier alpha value is -3.31. The Labute approximate surface area is 229 Å². The number of aliphatic carboxylic acids is 1. The smallest absolute Gasteiger partial charge is 0.415 e. The normalized spacial score (nSPS) is 12.7. The van der Waals surface area contributed by atoms with Crippen molar-refractivity contribution >= 4 is 57.0 Å². The summed E-state index contributed by atoms with van der Waals surface area (Å²) >= 11 is 7.64. The fraction of sp³-hybridized carbons (Fsp3) is 0.462. The summed E-state index contributed by atoms with van der Waals surface area (Å²) in [5.41, 5.74) is 0.106. The quantitative estimate of drug-likeness (QED) is 0.318. The predicted molar refractivity (Wildman–Crippen MR) is 145 cm³/mol. The fourth-order valence-corrected chi connectivity index (χ4v) is 5.03. The summed E-state index contributed by atoms with van der Waals surface area (Å²) in [4.78, 5) is 44.0. The first-order chi connectivity index (χ1) is 17.5. The SMILES string of the molecule is Cc1c(C[C@@H](NC(=O)OC(C)(C)C)C(=O)O)sc2c(N(Cc3ccco3)C(=O)OC(C)(C)C)cc(Cl)nc12. The number of carboxylic acid groups (broad SMARTS) is 1. The number of aryl methyl sites for hydroxylation is 1. The molecule has 0 aliphatic carbocycles. The average Bonchev–Trinajstić information content (AvgIpc) is 3.37. The highest BCUT2D eigenvalue weighted by Crippen LogP contribution is 2.39. The molecular weight excluding hydrogens is 534 g/mol. The summed E-state index contributed by atoms with van der Waals surface area (Å²) in [5, 5.41) is 12.3. The summed E-state index contributed by atoms with van der Waals surface area (Å²) in [6.45, 7) is 12.2. The van der Waals surface area contributed by atoms with Crippen molar-refractivity contribution in [3.63, 3.8) is 0 Å². The molecule has 0 saturated heterocycles. The lowest BCUT2D eigenvalue weighted by Crippen LogP contribution is -2.44. The van der Waals surface area contributed by atoms with Crippen molar-refractivity contribution in [1.29, 1.82) is 0 Å². The van der Waals surface area contributed by atoms with E-state index in [1.54, 1.807) is 66.7 Å². The van der Waals surface area contributed by atoms with Crippen LogP contribution in [-0.4, -0.2) is 45.5 Å². The lowest BCUT2D eigenvalue weighted by atomic mass is 10.1. The molecular formula is C26H32ClN3O7S. The van der Waals surface area contributed by atoms with E-state index in [1.165, 1.54) is 22.5 Å². The summed E-state index contributed by atoms with van der Waals surface area (Å²) < 4.78 is 17.0. The highest BCUT2D eigenvalue weighted by Gasteiger charge is 2.30.